The molecule has 0 aromatic carbocycles. The van der Waals surface area contributed by atoms with Crippen LogP contribution in [-0.2, 0) is 18.4 Å². The van der Waals surface area contributed by atoms with Crippen LogP contribution in [0, 0.1) is 0 Å². The lowest BCUT2D eigenvalue weighted by Crippen LogP contribution is -2.45. The highest BCUT2D eigenvalue weighted by molar-refractivity contribution is 7.45. The van der Waals surface area contributed by atoms with Crippen molar-refractivity contribution in [3.05, 3.63) is 48.6 Å². The minimum atomic E-state index is -4.61. The Hall–Kier alpha value is -1.54. The van der Waals surface area contributed by atoms with Crippen LogP contribution in [0.25, 0.3) is 0 Å². The maximum atomic E-state index is 13.0. The molecule has 0 heterocycles. The maximum absolute atomic E-state index is 13.0. The third-order valence-electron chi connectivity index (χ3n) is 16.5. The van der Waals surface area contributed by atoms with E-state index in [-0.39, 0.29) is 12.5 Å². The molecule has 484 valence electrons. The lowest BCUT2D eigenvalue weighted by molar-refractivity contribution is -0.870. The van der Waals surface area contributed by atoms with Gasteiger partial charge in [-0.1, -0.05) is 332 Å². The smallest absolute Gasteiger partial charge is 0.268 e. The summed E-state index contributed by atoms with van der Waals surface area (Å²) in [5, 5.41) is 13.9. The highest BCUT2D eigenvalue weighted by atomic mass is 31.2. The molecular weight excluding hydrogens is 1030 g/mol. The number of amides is 1. The molecule has 0 bridgehead atoms. The molecule has 0 rings (SSSR count). The second-order valence-corrected chi connectivity index (χ2v) is 27.3. The number of allylic oxidation sites excluding steroid dienone is 7. The molecule has 82 heavy (non-hydrogen) atoms. The predicted molar refractivity (Wildman–Crippen MR) is 358 cm³/mol. The second kappa shape index (κ2) is 63.9. The Labute approximate surface area is 511 Å². The first kappa shape index (κ1) is 80.5. The van der Waals surface area contributed by atoms with Gasteiger partial charge in [-0.2, -0.15) is 0 Å². The van der Waals surface area contributed by atoms with E-state index in [4.69, 9.17) is 9.05 Å². The number of aliphatic hydroxyl groups excluding tert-OH is 1. The van der Waals surface area contributed by atoms with Gasteiger partial charge in [0.2, 0.25) is 5.91 Å². The number of quaternary nitrogens is 1. The minimum absolute atomic E-state index is 0.00782. The van der Waals surface area contributed by atoms with Crippen LogP contribution in [0.1, 0.15) is 361 Å². The van der Waals surface area contributed by atoms with E-state index < -0.39 is 26.6 Å². The first-order valence-corrected chi connectivity index (χ1v) is 37.5. The van der Waals surface area contributed by atoms with Crippen molar-refractivity contribution in [3.63, 3.8) is 0 Å². The zero-order valence-corrected chi connectivity index (χ0v) is 56.4. The fraction of sp³-hybridized carbons (Fsp3) is 0.877. The number of unbranched alkanes of at least 4 members (excludes halogenated alkanes) is 48. The number of nitrogens with one attached hydrogen (secondary N) is 1. The lowest BCUT2D eigenvalue weighted by atomic mass is 10.0. The van der Waals surface area contributed by atoms with Gasteiger partial charge in [0.05, 0.1) is 39.9 Å². The van der Waals surface area contributed by atoms with Gasteiger partial charge in [-0.05, 0) is 70.6 Å². The molecule has 9 heteroatoms. The minimum Gasteiger partial charge on any atom is -0.756 e. The van der Waals surface area contributed by atoms with E-state index in [2.05, 4.69) is 55.6 Å². The van der Waals surface area contributed by atoms with Crippen LogP contribution in [-0.4, -0.2) is 68.5 Å². The van der Waals surface area contributed by atoms with Gasteiger partial charge in [-0.15, -0.1) is 0 Å². The summed E-state index contributed by atoms with van der Waals surface area (Å²) in [5.41, 5.74) is 0. The number of phosphoric acid groups is 1. The third kappa shape index (κ3) is 66.0. The molecule has 0 aliphatic rings. The number of likely N-dealkylation sites (N-methyl/N-ethyl adjacent to an activating group) is 1. The van der Waals surface area contributed by atoms with Crippen molar-refractivity contribution in [2.45, 2.75) is 373 Å². The molecule has 0 aliphatic heterocycles. The summed E-state index contributed by atoms with van der Waals surface area (Å²) in [6.07, 6.45) is 87.0. The normalized spacial score (nSPS) is 13.9. The summed E-state index contributed by atoms with van der Waals surface area (Å²) in [5.74, 6) is -0.205. The zero-order valence-electron chi connectivity index (χ0n) is 55.5. The molecule has 0 saturated carbocycles. The summed E-state index contributed by atoms with van der Waals surface area (Å²) < 4.78 is 23.4. The van der Waals surface area contributed by atoms with Crippen molar-refractivity contribution in [1.82, 2.24) is 5.32 Å². The molecule has 3 atom stereocenters. The van der Waals surface area contributed by atoms with Crippen LogP contribution in [0.2, 0.25) is 0 Å². The average molecular weight is 1170 g/mol. The van der Waals surface area contributed by atoms with E-state index in [1.807, 2.05) is 27.2 Å². The zero-order chi connectivity index (χ0) is 59.8. The molecule has 0 aromatic heterocycles. The van der Waals surface area contributed by atoms with E-state index in [9.17, 15) is 19.4 Å². The van der Waals surface area contributed by atoms with Crippen molar-refractivity contribution in [1.29, 1.82) is 0 Å². The molecule has 0 radical (unpaired) electrons. The Kier molecular flexibility index (Phi) is 62.7. The van der Waals surface area contributed by atoms with Gasteiger partial charge in [-0.25, -0.2) is 0 Å². The highest BCUT2D eigenvalue weighted by Gasteiger charge is 2.23. The summed E-state index contributed by atoms with van der Waals surface area (Å²) in [6, 6.07) is -0.910. The molecule has 0 aliphatic carbocycles. The molecule has 8 nitrogen and oxygen atoms in total. The van der Waals surface area contributed by atoms with E-state index in [0.29, 0.717) is 17.4 Å². The SMILES string of the molecule is CCCCCCCCCC/C=C\CCCCCCCCCCCCCCCCCCCCCCCCCCCCCCCC(=O)NC(COP(=O)([O-])OCC[N+](C)(C)C)C(O)/C=C/CC/C=C/CC/C=C/CCCCCCCCCCC. The standard InChI is InChI=1S/C73H141N2O6P/c1-6-8-10-12-14-16-18-20-22-24-26-27-28-29-30-31-32-33-34-35-36-37-38-39-40-41-42-43-44-45-46-47-49-51-53-55-57-59-61-63-65-67-73(77)74-71(70-81-82(78,79)80-69-68-75(3,4)5)72(76)66-64-62-60-58-56-54-52-50-48-25-23-21-19-17-15-13-11-9-7-2/h24,26,48,50,56,58,64,66,71-72,76H,6-23,25,27-47,49,51-55,57,59-63,65,67-70H2,1-5H3,(H-,74,77,78,79)/b26-24-,50-48+,58-56+,66-64+. The maximum Gasteiger partial charge on any atom is 0.268 e. The topological polar surface area (TPSA) is 108 Å². The van der Waals surface area contributed by atoms with E-state index in [1.54, 1.807) is 6.08 Å². The molecule has 0 spiro atoms. The molecule has 1 amide bonds. The lowest BCUT2D eigenvalue weighted by Gasteiger charge is -2.29. The van der Waals surface area contributed by atoms with E-state index >= 15 is 0 Å². The quantitative estimate of drug-likeness (QED) is 0.0272. The van der Waals surface area contributed by atoms with E-state index in [1.165, 1.54) is 295 Å². The predicted octanol–water partition coefficient (Wildman–Crippen LogP) is 22.4. The molecule has 3 unspecified atom stereocenters. The van der Waals surface area contributed by atoms with Crippen molar-refractivity contribution >= 4 is 13.7 Å². The van der Waals surface area contributed by atoms with Crippen LogP contribution >= 0.6 is 7.82 Å². The number of rotatable bonds is 67. The summed E-state index contributed by atoms with van der Waals surface area (Å²) >= 11 is 0. The highest BCUT2D eigenvalue weighted by Crippen LogP contribution is 2.38. The molecule has 0 fully saturated rings. The monoisotopic (exact) mass is 1170 g/mol. The number of carbonyl (C=O) groups excluding carboxylic acids is 1. The summed E-state index contributed by atoms with van der Waals surface area (Å²) in [7, 11) is 1.25. The fourth-order valence-electron chi connectivity index (χ4n) is 10.9. The van der Waals surface area contributed by atoms with Gasteiger partial charge >= 0.3 is 0 Å². The Morgan fingerprint density at radius 1 is 0.415 bits per heavy atom. The van der Waals surface area contributed by atoms with Crippen LogP contribution in [0.15, 0.2) is 48.6 Å². The number of aliphatic hydroxyl groups is 1. The molecule has 0 aromatic rings. The molecular formula is C73H141N2O6P. The van der Waals surface area contributed by atoms with Crippen LogP contribution in [0.4, 0.5) is 0 Å². The van der Waals surface area contributed by atoms with Crippen LogP contribution < -0.4 is 10.2 Å². The third-order valence-corrected chi connectivity index (χ3v) is 17.5. The van der Waals surface area contributed by atoms with Crippen molar-refractivity contribution in [3.8, 4) is 0 Å². The number of phosphoric ester groups is 1. The van der Waals surface area contributed by atoms with Gasteiger partial charge in [0, 0.05) is 6.42 Å². The summed E-state index contributed by atoms with van der Waals surface area (Å²) in [6.45, 7) is 4.66. The van der Waals surface area contributed by atoms with Gasteiger partial charge in [0.1, 0.15) is 13.2 Å². The first-order chi connectivity index (χ1) is 40.0. The largest absolute Gasteiger partial charge is 0.756 e. The molecule has 2 N–H and O–H groups in total. The second-order valence-electron chi connectivity index (χ2n) is 25.9. The van der Waals surface area contributed by atoms with Crippen molar-refractivity contribution in [2.24, 2.45) is 0 Å². The number of hydrogen-bond donors (Lipinski definition) is 2. The van der Waals surface area contributed by atoms with Crippen molar-refractivity contribution < 1.29 is 32.9 Å². The fourth-order valence-corrected chi connectivity index (χ4v) is 11.6. The Balaban J connectivity index is 3.91. The average Bonchev–Trinajstić information content (AvgIpc) is 3.47. The molecule has 0 saturated heterocycles. The number of carbonyl (C=O) groups is 1. The van der Waals surface area contributed by atoms with Gasteiger partial charge in [0.15, 0.2) is 0 Å². The summed E-state index contributed by atoms with van der Waals surface area (Å²) in [4.78, 5) is 25.6. The van der Waals surface area contributed by atoms with Crippen LogP contribution in [0.3, 0.4) is 0 Å². The number of nitrogens with zero attached hydrogens (tertiary/aromatic N) is 1. The van der Waals surface area contributed by atoms with E-state index in [0.717, 1.165) is 44.9 Å². The van der Waals surface area contributed by atoms with Gasteiger partial charge in [0.25, 0.3) is 7.82 Å². The van der Waals surface area contributed by atoms with Gasteiger partial charge in [-0.3, -0.25) is 9.36 Å². The Morgan fingerprint density at radius 3 is 0.988 bits per heavy atom. The Morgan fingerprint density at radius 2 is 0.683 bits per heavy atom. The number of hydrogen-bond acceptors (Lipinski definition) is 6. The first-order valence-electron chi connectivity index (χ1n) is 36.0. The Bertz CT molecular complexity index is 1480. The van der Waals surface area contributed by atoms with Crippen molar-refractivity contribution in [2.75, 3.05) is 40.9 Å². The van der Waals surface area contributed by atoms with Gasteiger partial charge < -0.3 is 28.8 Å². The van der Waals surface area contributed by atoms with Crippen LogP contribution in [0.5, 0.6) is 0 Å².